The van der Waals surface area contributed by atoms with Crippen molar-refractivity contribution in [3.63, 3.8) is 0 Å². The summed E-state index contributed by atoms with van der Waals surface area (Å²) in [6.45, 7) is 3.49. The van der Waals surface area contributed by atoms with E-state index in [4.69, 9.17) is 11.6 Å². The summed E-state index contributed by atoms with van der Waals surface area (Å²) in [5.74, 6) is 0.234. The molecule has 1 N–H and O–H groups in total. The molecule has 2 aliphatic heterocycles. The number of carbonyl (C=O) groups excluding carboxylic acids is 1. The molecule has 0 saturated carbocycles. The summed E-state index contributed by atoms with van der Waals surface area (Å²) < 4.78 is 0. The first-order valence-corrected chi connectivity index (χ1v) is 10.6. The molecule has 0 fully saturated rings. The van der Waals surface area contributed by atoms with Crippen molar-refractivity contribution >= 4 is 39.7 Å². The molecule has 0 atom stereocenters. The lowest BCUT2D eigenvalue weighted by Gasteiger charge is -2.27. The van der Waals surface area contributed by atoms with Crippen LogP contribution in [0.4, 0.5) is 5.69 Å². The average molecular weight is 406 g/mol. The van der Waals surface area contributed by atoms with E-state index in [1.807, 2.05) is 29.2 Å². The van der Waals surface area contributed by atoms with Gasteiger partial charge in [0.05, 0.1) is 0 Å². The number of fused-ring (bicyclic) bond motifs is 2. The van der Waals surface area contributed by atoms with Gasteiger partial charge in [-0.1, -0.05) is 41.9 Å². The maximum absolute atomic E-state index is 12.7. The first kappa shape index (κ1) is 18.5. The molecule has 3 aromatic rings. The van der Waals surface area contributed by atoms with Gasteiger partial charge in [0.2, 0.25) is 5.91 Å². The van der Waals surface area contributed by atoms with Gasteiger partial charge in [0.1, 0.15) is 0 Å². The van der Waals surface area contributed by atoms with Crippen molar-refractivity contribution in [3.8, 4) is 0 Å². The number of hydrogen-bond acceptors (Lipinski definition) is 2. The lowest BCUT2D eigenvalue weighted by molar-refractivity contribution is -0.118. The van der Waals surface area contributed by atoms with Crippen LogP contribution < -0.4 is 4.90 Å². The van der Waals surface area contributed by atoms with Crippen LogP contribution in [-0.4, -0.2) is 42.0 Å². The highest BCUT2D eigenvalue weighted by Gasteiger charge is 2.24. The van der Waals surface area contributed by atoms with E-state index in [9.17, 15) is 4.79 Å². The Bertz CT molecular complexity index is 1100. The molecule has 0 spiro atoms. The Morgan fingerprint density at radius 2 is 2.00 bits per heavy atom. The van der Waals surface area contributed by atoms with Gasteiger partial charge in [0.25, 0.3) is 0 Å². The zero-order valence-electron chi connectivity index (χ0n) is 16.3. The zero-order chi connectivity index (χ0) is 19.8. The minimum Gasteiger partial charge on any atom is -0.361 e. The van der Waals surface area contributed by atoms with Gasteiger partial charge in [0.15, 0.2) is 0 Å². The lowest BCUT2D eigenvalue weighted by atomic mass is 9.99. The van der Waals surface area contributed by atoms with Gasteiger partial charge < -0.3 is 9.88 Å². The first-order valence-electron chi connectivity index (χ1n) is 10.3. The number of carbonyl (C=O) groups is 1. The summed E-state index contributed by atoms with van der Waals surface area (Å²) in [7, 11) is 0. The van der Waals surface area contributed by atoms with Gasteiger partial charge in [0, 0.05) is 66.0 Å². The van der Waals surface area contributed by atoms with Gasteiger partial charge >= 0.3 is 0 Å². The first-order chi connectivity index (χ1) is 14.2. The number of nitrogens with one attached hydrogen (secondary N) is 1. The molecule has 2 aromatic carbocycles. The van der Waals surface area contributed by atoms with E-state index in [-0.39, 0.29) is 5.91 Å². The van der Waals surface area contributed by atoms with Gasteiger partial charge in [-0.05, 0) is 42.2 Å². The molecule has 0 bridgehead atoms. The molecule has 5 heteroatoms. The second-order valence-electron chi connectivity index (χ2n) is 7.85. The van der Waals surface area contributed by atoms with E-state index in [0.717, 1.165) is 55.2 Å². The van der Waals surface area contributed by atoms with E-state index in [2.05, 4.69) is 40.4 Å². The number of aromatic amines is 1. The fourth-order valence-electron chi connectivity index (χ4n) is 4.51. The minimum atomic E-state index is 0.234. The smallest absolute Gasteiger partial charge is 0.228 e. The number of amides is 1. The van der Waals surface area contributed by atoms with Gasteiger partial charge in [-0.2, -0.15) is 0 Å². The largest absolute Gasteiger partial charge is 0.361 e. The summed E-state index contributed by atoms with van der Waals surface area (Å²) in [5.41, 5.74) is 6.09. The van der Waals surface area contributed by atoms with Crippen LogP contribution in [0.2, 0.25) is 5.02 Å². The van der Waals surface area contributed by atoms with Gasteiger partial charge in [-0.25, -0.2) is 0 Å². The second-order valence-corrected chi connectivity index (χ2v) is 8.28. The normalized spacial score (nSPS) is 16.9. The molecule has 4 nitrogen and oxygen atoms in total. The number of nitrogens with zero attached hydrogens (tertiary/aromatic N) is 2. The highest BCUT2D eigenvalue weighted by molar-refractivity contribution is 6.31. The standard InChI is InChI=1S/C24H24ClN3O/c25-19-5-6-20-21(16-26-22(20)15-19)17-7-11-27(12-8-17)13-10-24(29)28-14-9-18-3-1-2-4-23(18)28/h1-7,15-16,26H,8-14H2. The maximum atomic E-state index is 12.7. The molecule has 0 unspecified atom stereocenters. The van der Waals surface area contributed by atoms with E-state index in [0.29, 0.717) is 6.42 Å². The molecule has 0 aliphatic carbocycles. The van der Waals surface area contributed by atoms with Crippen LogP contribution in [0, 0.1) is 0 Å². The molecule has 0 saturated heterocycles. The number of H-pyrrole nitrogens is 1. The third-order valence-electron chi connectivity index (χ3n) is 6.11. The van der Waals surface area contributed by atoms with Crippen LogP contribution in [0.25, 0.3) is 16.5 Å². The number of benzene rings is 2. The van der Waals surface area contributed by atoms with Gasteiger partial charge in [-0.15, -0.1) is 0 Å². The number of halogens is 1. The van der Waals surface area contributed by atoms with Crippen LogP contribution >= 0.6 is 11.6 Å². The van der Waals surface area contributed by atoms with E-state index in [1.54, 1.807) is 0 Å². The number of hydrogen-bond donors (Lipinski definition) is 1. The molecule has 148 valence electrons. The predicted molar refractivity (Wildman–Crippen MR) is 119 cm³/mol. The summed E-state index contributed by atoms with van der Waals surface area (Å²) in [5, 5.41) is 1.97. The van der Waals surface area contributed by atoms with Crippen molar-refractivity contribution in [1.29, 1.82) is 0 Å². The third kappa shape index (κ3) is 3.59. The summed E-state index contributed by atoms with van der Waals surface area (Å²) >= 11 is 6.10. The molecule has 3 heterocycles. The zero-order valence-corrected chi connectivity index (χ0v) is 17.1. The predicted octanol–water partition coefficient (Wildman–Crippen LogP) is 4.89. The van der Waals surface area contributed by atoms with Crippen LogP contribution in [-0.2, 0) is 11.2 Å². The van der Waals surface area contributed by atoms with E-state index < -0.39 is 0 Å². The fraction of sp³-hybridized carbons (Fsp3) is 0.292. The van der Waals surface area contributed by atoms with Crippen molar-refractivity contribution in [2.45, 2.75) is 19.3 Å². The highest BCUT2D eigenvalue weighted by atomic mass is 35.5. The molecule has 0 radical (unpaired) electrons. The van der Waals surface area contributed by atoms with Gasteiger partial charge in [-0.3, -0.25) is 9.69 Å². The Morgan fingerprint density at radius 3 is 2.86 bits per heavy atom. The maximum Gasteiger partial charge on any atom is 0.228 e. The Labute approximate surface area is 175 Å². The Balaban J connectivity index is 1.21. The number of para-hydroxylation sites is 1. The molecule has 29 heavy (non-hydrogen) atoms. The SMILES string of the molecule is O=C(CCN1CC=C(c2c[nH]c3cc(Cl)ccc23)CC1)N1CCc2ccccc21. The van der Waals surface area contributed by atoms with Crippen LogP contribution in [0.5, 0.6) is 0 Å². The molecular weight excluding hydrogens is 382 g/mol. The Morgan fingerprint density at radius 1 is 1.10 bits per heavy atom. The minimum absolute atomic E-state index is 0.234. The fourth-order valence-corrected chi connectivity index (χ4v) is 4.68. The van der Waals surface area contributed by atoms with Crippen LogP contribution in [0.1, 0.15) is 24.0 Å². The van der Waals surface area contributed by atoms with Crippen molar-refractivity contribution in [1.82, 2.24) is 9.88 Å². The number of aromatic nitrogens is 1. The van der Waals surface area contributed by atoms with Crippen LogP contribution in [0.3, 0.4) is 0 Å². The lowest BCUT2D eigenvalue weighted by Crippen LogP contribution is -2.35. The summed E-state index contributed by atoms with van der Waals surface area (Å²) in [6, 6.07) is 14.2. The van der Waals surface area contributed by atoms with Crippen molar-refractivity contribution < 1.29 is 4.79 Å². The van der Waals surface area contributed by atoms with Crippen LogP contribution in [0.15, 0.2) is 54.7 Å². The highest BCUT2D eigenvalue weighted by Crippen LogP contribution is 2.31. The van der Waals surface area contributed by atoms with E-state index >= 15 is 0 Å². The second kappa shape index (κ2) is 7.69. The Kier molecular flexibility index (Phi) is 4.90. The molecular formula is C24H24ClN3O. The van der Waals surface area contributed by atoms with E-state index in [1.165, 1.54) is 22.1 Å². The quantitative estimate of drug-likeness (QED) is 0.671. The summed E-state index contributed by atoms with van der Waals surface area (Å²) in [4.78, 5) is 20.4. The van der Waals surface area contributed by atoms with Crippen molar-refractivity contribution in [2.24, 2.45) is 0 Å². The molecule has 1 amide bonds. The third-order valence-corrected chi connectivity index (χ3v) is 6.35. The number of rotatable bonds is 4. The molecule has 5 rings (SSSR count). The Hall–Kier alpha value is -2.56. The van der Waals surface area contributed by atoms with Crippen molar-refractivity contribution in [2.75, 3.05) is 31.1 Å². The van der Waals surface area contributed by atoms with Crippen molar-refractivity contribution in [3.05, 3.63) is 70.9 Å². The molecule has 2 aliphatic rings. The monoisotopic (exact) mass is 405 g/mol. The molecule has 1 aromatic heterocycles. The number of anilines is 1. The summed E-state index contributed by atoms with van der Waals surface area (Å²) in [6.07, 6.45) is 6.92. The topological polar surface area (TPSA) is 39.3 Å². The average Bonchev–Trinajstić information content (AvgIpc) is 3.36.